The van der Waals surface area contributed by atoms with Crippen LogP contribution in [-0.2, 0) is 0 Å². The lowest BCUT2D eigenvalue weighted by atomic mass is 10.0. The molecule has 1 amide bonds. The second kappa shape index (κ2) is 8.77. The third-order valence-electron chi connectivity index (χ3n) is 5.27. The number of anilines is 1. The molecule has 0 spiro atoms. The number of fused-ring (bicyclic) bond motifs is 1. The van der Waals surface area contributed by atoms with E-state index in [0.29, 0.717) is 22.4 Å². The number of thiocarbonyl (C=S) groups is 1. The molecular weight excluding hydrogens is 420 g/mol. The number of nitrogens with one attached hydrogen (secondary N) is 2. The van der Waals surface area contributed by atoms with E-state index < -0.39 is 0 Å². The van der Waals surface area contributed by atoms with Gasteiger partial charge in [-0.3, -0.25) is 10.1 Å². The van der Waals surface area contributed by atoms with Gasteiger partial charge in [-0.2, -0.15) is 0 Å². The van der Waals surface area contributed by atoms with Crippen LogP contribution in [0.4, 0.5) is 5.69 Å². The Morgan fingerprint density at radius 3 is 2.41 bits per heavy atom. The minimum absolute atomic E-state index is 0.201. The normalized spacial score (nSPS) is 10.7. The number of rotatable bonds is 3. The summed E-state index contributed by atoms with van der Waals surface area (Å²) >= 11 is 5.32. The maximum atomic E-state index is 12.5. The fourth-order valence-corrected chi connectivity index (χ4v) is 3.91. The van der Waals surface area contributed by atoms with E-state index in [4.69, 9.17) is 16.6 Å². The van der Waals surface area contributed by atoms with Crippen LogP contribution < -0.4 is 16.3 Å². The molecule has 0 saturated carbocycles. The van der Waals surface area contributed by atoms with Gasteiger partial charge in [-0.25, -0.2) is 4.79 Å². The van der Waals surface area contributed by atoms with E-state index >= 15 is 0 Å². The fourth-order valence-electron chi connectivity index (χ4n) is 3.69. The molecule has 32 heavy (non-hydrogen) atoms. The molecule has 6 heteroatoms. The van der Waals surface area contributed by atoms with Gasteiger partial charge in [0.2, 0.25) is 0 Å². The fraction of sp³-hybridized carbons (Fsp3) is 0.115. The average molecular weight is 443 g/mol. The Morgan fingerprint density at radius 2 is 1.66 bits per heavy atom. The zero-order valence-electron chi connectivity index (χ0n) is 18.0. The molecule has 3 aromatic carbocycles. The maximum absolute atomic E-state index is 12.5. The van der Waals surface area contributed by atoms with Gasteiger partial charge >= 0.3 is 5.63 Å². The molecule has 160 valence electrons. The highest BCUT2D eigenvalue weighted by atomic mass is 32.1. The third-order valence-corrected chi connectivity index (χ3v) is 5.47. The molecule has 2 N–H and O–H groups in total. The summed E-state index contributed by atoms with van der Waals surface area (Å²) in [4.78, 5) is 25.0. The van der Waals surface area contributed by atoms with Crippen LogP contribution in [0.2, 0.25) is 0 Å². The number of carbonyl (C=O) groups is 1. The zero-order chi connectivity index (χ0) is 22.8. The zero-order valence-corrected chi connectivity index (χ0v) is 18.8. The molecule has 0 aliphatic carbocycles. The Bertz CT molecular complexity index is 1420. The van der Waals surface area contributed by atoms with Gasteiger partial charge in [-0.1, -0.05) is 42.0 Å². The van der Waals surface area contributed by atoms with Crippen molar-refractivity contribution < 1.29 is 9.21 Å². The van der Waals surface area contributed by atoms with Crippen LogP contribution in [0.15, 0.2) is 75.9 Å². The van der Waals surface area contributed by atoms with E-state index in [-0.39, 0.29) is 16.6 Å². The first kappa shape index (κ1) is 21.5. The molecule has 0 fully saturated rings. The average Bonchev–Trinajstić information content (AvgIpc) is 2.73. The lowest BCUT2D eigenvalue weighted by Crippen LogP contribution is -2.34. The van der Waals surface area contributed by atoms with Crippen molar-refractivity contribution in [1.82, 2.24) is 5.32 Å². The van der Waals surface area contributed by atoms with Gasteiger partial charge in [0.05, 0.1) is 5.56 Å². The van der Waals surface area contributed by atoms with Crippen molar-refractivity contribution in [2.45, 2.75) is 20.8 Å². The van der Waals surface area contributed by atoms with Crippen LogP contribution >= 0.6 is 12.2 Å². The molecule has 0 unspecified atom stereocenters. The standard InChI is InChI=1S/C26H22N2O3S/c1-15-8-10-21(16(2)12-15)24(29)28-26(32)27-19-9-11-20(17(3)13-19)22-14-18-6-4-5-7-23(18)31-25(22)30/h4-14H,1-3H3,(H2,27,28,29,32). The molecule has 1 aromatic heterocycles. The summed E-state index contributed by atoms with van der Waals surface area (Å²) in [5, 5.41) is 6.81. The summed E-state index contributed by atoms with van der Waals surface area (Å²) in [6.07, 6.45) is 0. The minimum Gasteiger partial charge on any atom is -0.422 e. The van der Waals surface area contributed by atoms with Crippen LogP contribution in [0, 0.1) is 20.8 Å². The highest BCUT2D eigenvalue weighted by Gasteiger charge is 2.13. The molecule has 1 heterocycles. The van der Waals surface area contributed by atoms with Crippen LogP contribution in [-0.4, -0.2) is 11.0 Å². The molecular formula is C26H22N2O3S. The Kier molecular flexibility index (Phi) is 5.88. The van der Waals surface area contributed by atoms with Gasteiger partial charge in [-0.05, 0) is 80.0 Å². The molecule has 4 rings (SSSR count). The lowest BCUT2D eigenvalue weighted by Gasteiger charge is -2.13. The molecule has 0 bridgehead atoms. The smallest absolute Gasteiger partial charge is 0.344 e. The summed E-state index contributed by atoms with van der Waals surface area (Å²) in [7, 11) is 0. The molecule has 0 aliphatic heterocycles. The quantitative estimate of drug-likeness (QED) is 0.323. The summed E-state index contributed by atoms with van der Waals surface area (Å²) in [6, 6.07) is 20.4. The Labute approximate surface area is 191 Å². The predicted molar refractivity (Wildman–Crippen MR) is 132 cm³/mol. The van der Waals surface area contributed by atoms with Crippen molar-refractivity contribution in [3.63, 3.8) is 0 Å². The Hall–Kier alpha value is -3.77. The lowest BCUT2D eigenvalue weighted by molar-refractivity contribution is 0.0977. The number of benzene rings is 3. The predicted octanol–water partition coefficient (Wildman–Crippen LogP) is 5.51. The minimum atomic E-state index is -0.385. The number of hydrogen-bond acceptors (Lipinski definition) is 4. The maximum Gasteiger partial charge on any atom is 0.344 e. The van der Waals surface area contributed by atoms with Gasteiger partial charge in [0.1, 0.15) is 5.58 Å². The summed E-state index contributed by atoms with van der Waals surface area (Å²) in [6.45, 7) is 5.78. The molecule has 5 nitrogen and oxygen atoms in total. The number of aryl methyl sites for hydroxylation is 3. The van der Waals surface area contributed by atoms with Crippen molar-refractivity contribution in [3.8, 4) is 11.1 Å². The van der Waals surface area contributed by atoms with Crippen molar-refractivity contribution >= 4 is 39.9 Å². The first-order valence-corrected chi connectivity index (χ1v) is 10.6. The molecule has 0 saturated heterocycles. The number of carbonyl (C=O) groups excluding carboxylic acids is 1. The highest BCUT2D eigenvalue weighted by Crippen LogP contribution is 2.26. The van der Waals surface area contributed by atoms with E-state index in [2.05, 4.69) is 10.6 Å². The largest absolute Gasteiger partial charge is 0.422 e. The topological polar surface area (TPSA) is 71.3 Å². The second-order valence-electron chi connectivity index (χ2n) is 7.74. The van der Waals surface area contributed by atoms with Gasteiger partial charge in [0, 0.05) is 16.6 Å². The van der Waals surface area contributed by atoms with E-state index in [9.17, 15) is 9.59 Å². The first-order chi connectivity index (χ1) is 15.3. The van der Waals surface area contributed by atoms with Gasteiger partial charge in [0.25, 0.3) is 5.91 Å². The SMILES string of the molecule is Cc1ccc(C(=O)NC(=S)Nc2ccc(-c3cc4ccccc4oc3=O)c(C)c2)c(C)c1. The van der Waals surface area contributed by atoms with Gasteiger partial charge < -0.3 is 9.73 Å². The van der Waals surface area contributed by atoms with Crippen molar-refractivity contribution in [2.75, 3.05) is 5.32 Å². The van der Waals surface area contributed by atoms with E-state index in [0.717, 1.165) is 27.6 Å². The van der Waals surface area contributed by atoms with Gasteiger partial charge in [0.15, 0.2) is 5.11 Å². The number of para-hydroxylation sites is 1. The van der Waals surface area contributed by atoms with Crippen molar-refractivity contribution in [3.05, 3.63) is 99.4 Å². The summed E-state index contributed by atoms with van der Waals surface area (Å²) in [5.41, 5.74) is 5.60. The second-order valence-corrected chi connectivity index (χ2v) is 8.15. The summed E-state index contributed by atoms with van der Waals surface area (Å²) < 4.78 is 5.46. The van der Waals surface area contributed by atoms with Crippen LogP contribution in [0.3, 0.4) is 0 Å². The number of hydrogen-bond donors (Lipinski definition) is 2. The molecule has 0 atom stereocenters. The molecule has 0 radical (unpaired) electrons. The van der Waals surface area contributed by atoms with E-state index in [1.54, 1.807) is 12.1 Å². The monoisotopic (exact) mass is 442 g/mol. The summed E-state index contributed by atoms with van der Waals surface area (Å²) in [5.74, 6) is -0.262. The first-order valence-electron chi connectivity index (χ1n) is 10.2. The highest BCUT2D eigenvalue weighted by molar-refractivity contribution is 7.80. The number of amides is 1. The Balaban J connectivity index is 1.52. The van der Waals surface area contributed by atoms with E-state index in [1.807, 2.05) is 75.4 Å². The molecule has 4 aromatic rings. The Morgan fingerprint density at radius 1 is 0.875 bits per heavy atom. The van der Waals surface area contributed by atoms with Crippen molar-refractivity contribution in [2.24, 2.45) is 0 Å². The van der Waals surface area contributed by atoms with Crippen molar-refractivity contribution in [1.29, 1.82) is 0 Å². The third kappa shape index (κ3) is 4.45. The van der Waals surface area contributed by atoms with E-state index in [1.165, 1.54) is 0 Å². The van der Waals surface area contributed by atoms with Crippen LogP contribution in [0.5, 0.6) is 0 Å². The van der Waals surface area contributed by atoms with Crippen LogP contribution in [0.25, 0.3) is 22.1 Å². The molecule has 0 aliphatic rings. The van der Waals surface area contributed by atoms with Crippen LogP contribution in [0.1, 0.15) is 27.0 Å². The van der Waals surface area contributed by atoms with Gasteiger partial charge in [-0.15, -0.1) is 0 Å².